The van der Waals surface area contributed by atoms with Crippen LogP contribution in [0.5, 0.6) is 0 Å². The van der Waals surface area contributed by atoms with Gasteiger partial charge in [0.15, 0.2) is 0 Å². The molecule has 0 aliphatic heterocycles. The van der Waals surface area contributed by atoms with E-state index < -0.39 is 0 Å². The van der Waals surface area contributed by atoms with Gasteiger partial charge in [-0.25, -0.2) is 9.50 Å². The van der Waals surface area contributed by atoms with E-state index in [1.54, 1.807) is 7.11 Å². The molecule has 4 aromatic heterocycles. The molecule has 0 aromatic carbocycles. The van der Waals surface area contributed by atoms with Crippen LogP contribution < -0.4 is 5.32 Å². The van der Waals surface area contributed by atoms with Gasteiger partial charge in [-0.15, -0.1) is 5.10 Å². The summed E-state index contributed by atoms with van der Waals surface area (Å²) in [6, 6.07) is 4.38. The molecule has 0 unspecified atom stereocenters. The lowest BCUT2D eigenvalue weighted by atomic mass is 9.85. The Bertz CT molecular complexity index is 1190. The number of ether oxygens (including phenoxy) is 1. The number of hydrogen-bond donors (Lipinski definition) is 3. The van der Waals surface area contributed by atoms with Crippen LogP contribution in [0.25, 0.3) is 16.6 Å². The second kappa shape index (κ2) is 9.36. The first-order valence-electron chi connectivity index (χ1n) is 11.6. The third-order valence-electron chi connectivity index (χ3n) is 6.40. The third-order valence-corrected chi connectivity index (χ3v) is 6.40. The van der Waals surface area contributed by atoms with E-state index in [-0.39, 0.29) is 12.1 Å². The number of aliphatic hydroxyl groups excluding tert-OH is 1. The Labute approximate surface area is 192 Å². The maximum Gasteiger partial charge on any atom is 0.241 e. The smallest absolute Gasteiger partial charge is 0.241 e. The lowest BCUT2D eigenvalue weighted by molar-refractivity contribution is 0.121. The number of nitrogens with zero attached hydrogens (tertiary/aromatic N) is 5. The third kappa shape index (κ3) is 4.65. The minimum atomic E-state index is -0.194. The average Bonchev–Trinajstić information content (AvgIpc) is 3.55. The molecule has 1 fully saturated rings. The summed E-state index contributed by atoms with van der Waals surface area (Å²) in [4.78, 5) is 7.67. The Balaban J connectivity index is 1.51. The molecule has 0 spiro atoms. The van der Waals surface area contributed by atoms with E-state index in [4.69, 9.17) is 9.84 Å². The van der Waals surface area contributed by atoms with Crippen molar-refractivity contribution in [1.82, 2.24) is 29.4 Å². The summed E-state index contributed by atoms with van der Waals surface area (Å²) < 4.78 is 9.20. The Morgan fingerprint density at radius 1 is 1.27 bits per heavy atom. The van der Waals surface area contributed by atoms with E-state index in [0.29, 0.717) is 25.0 Å². The van der Waals surface area contributed by atoms with Crippen molar-refractivity contribution >= 4 is 11.5 Å². The largest absolute Gasteiger partial charge is 0.393 e. The number of methoxy groups -OCH3 is 1. The van der Waals surface area contributed by atoms with E-state index in [1.165, 1.54) is 5.56 Å². The van der Waals surface area contributed by atoms with Crippen LogP contribution in [0.2, 0.25) is 0 Å². The summed E-state index contributed by atoms with van der Waals surface area (Å²) in [5, 5.41) is 22.8. The molecule has 9 nitrogen and oxygen atoms in total. The van der Waals surface area contributed by atoms with Crippen molar-refractivity contribution < 1.29 is 9.84 Å². The van der Waals surface area contributed by atoms with Crippen LogP contribution in [0.3, 0.4) is 0 Å². The number of anilines is 1. The molecule has 1 aliphatic carbocycles. The number of rotatable bonds is 8. The topological polar surface area (TPSA) is 105 Å². The summed E-state index contributed by atoms with van der Waals surface area (Å²) in [5.41, 5.74) is 5.42. The van der Waals surface area contributed by atoms with Gasteiger partial charge < -0.3 is 20.1 Å². The van der Waals surface area contributed by atoms with Gasteiger partial charge in [0.2, 0.25) is 5.95 Å². The predicted molar refractivity (Wildman–Crippen MR) is 126 cm³/mol. The standard InChI is InChI=1S/C24H31N7O2/c1-16(15-33-2)28-24-26-12-23-21(19-11-27-30(14-19)13-17-7-8-25-10-17)9-22(31(23)29-24)18-3-5-20(32)6-4-18/h7-12,14,16,18,20,25,32H,3-6,13,15H2,1-2H3,(H,28,29)/t16-,18?,20?/m0/s1. The van der Waals surface area contributed by atoms with Gasteiger partial charge in [0.05, 0.1) is 37.2 Å². The van der Waals surface area contributed by atoms with Crippen molar-refractivity contribution in [3.63, 3.8) is 0 Å². The van der Waals surface area contributed by atoms with Crippen LogP contribution in [0.15, 0.2) is 43.1 Å². The fourth-order valence-corrected chi connectivity index (χ4v) is 4.72. The van der Waals surface area contributed by atoms with E-state index in [1.807, 2.05) is 40.9 Å². The molecule has 0 saturated heterocycles. The van der Waals surface area contributed by atoms with Gasteiger partial charge in [0, 0.05) is 54.5 Å². The van der Waals surface area contributed by atoms with Gasteiger partial charge >= 0.3 is 0 Å². The monoisotopic (exact) mass is 449 g/mol. The van der Waals surface area contributed by atoms with E-state index in [2.05, 4.69) is 38.7 Å². The minimum Gasteiger partial charge on any atom is -0.393 e. The normalized spacial score (nSPS) is 19.7. The average molecular weight is 450 g/mol. The van der Waals surface area contributed by atoms with Crippen molar-refractivity contribution in [1.29, 1.82) is 0 Å². The molecule has 0 radical (unpaired) electrons. The zero-order chi connectivity index (χ0) is 22.8. The van der Waals surface area contributed by atoms with Crippen LogP contribution in [0.1, 0.15) is 49.8 Å². The molecule has 33 heavy (non-hydrogen) atoms. The number of aromatic amines is 1. The number of nitrogens with one attached hydrogen (secondary N) is 2. The molecule has 0 amide bonds. The van der Waals surface area contributed by atoms with Gasteiger partial charge in [-0.1, -0.05) is 0 Å². The molecule has 3 N–H and O–H groups in total. The van der Waals surface area contributed by atoms with E-state index in [9.17, 15) is 5.11 Å². The Hall–Kier alpha value is -3.17. The van der Waals surface area contributed by atoms with Crippen molar-refractivity contribution in [3.05, 3.63) is 54.4 Å². The summed E-state index contributed by atoms with van der Waals surface area (Å²) in [5.74, 6) is 0.929. The fourth-order valence-electron chi connectivity index (χ4n) is 4.72. The first kappa shape index (κ1) is 21.7. The van der Waals surface area contributed by atoms with Crippen molar-refractivity contribution in [2.45, 2.75) is 57.2 Å². The van der Waals surface area contributed by atoms with Gasteiger partial charge in [0.25, 0.3) is 0 Å². The second-order valence-corrected chi connectivity index (χ2v) is 9.01. The van der Waals surface area contributed by atoms with Crippen LogP contribution in [-0.4, -0.2) is 60.3 Å². The van der Waals surface area contributed by atoms with Crippen LogP contribution in [0, 0.1) is 0 Å². The van der Waals surface area contributed by atoms with Crippen molar-refractivity contribution in [2.75, 3.05) is 19.0 Å². The summed E-state index contributed by atoms with van der Waals surface area (Å²) in [7, 11) is 1.69. The fraction of sp³-hybridized carbons (Fsp3) is 0.458. The highest BCUT2D eigenvalue weighted by Gasteiger charge is 2.26. The summed E-state index contributed by atoms with van der Waals surface area (Å²) in [6.45, 7) is 3.33. The summed E-state index contributed by atoms with van der Waals surface area (Å²) in [6.07, 6.45) is 13.1. The molecule has 0 bridgehead atoms. The maximum absolute atomic E-state index is 10.0. The van der Waals surface area contributed by atoms with Gasteiger partial charge in [-0.05, 0) is 50.3 Å². The zero-order valence-electron chi connectivity index (χ0n) is 19.1. The molecule has 4 aromatic rings. The van der Waals surface area contributed by atoms with E-state index >= 15 is 0 Å². The molecular formula is C24H31N7O2. The number of aliphatic hydroxyl groups is 1. The highest BCUT2D eigenvalue weighted by Crippen LogP contribution is 2.37. The quantitative estimate of drug-likeness (QED) is 0.381. The van der Waals surface area contributed by atoms with Gasteiger partial charge in [-0.3, -0.25) is 4.68 Å². The highest BCUT2D eigenvalue weighted by molar-refractivity contribution is 5.81. The van der Waals surface area contributed by atoms with Crippen LogP contribution in [0.4, 0.5) is 5.95 Å². The van der Waals surface area contributed by atoms with Gasteiger partial charge in [-0.2, -0.15) is 5.10 Å². The molecule has 174 valence electrons. The molecule has 1 saturated carbocycles. The number of hydrogen-bond acceptors (Lipinski definition) is 6. The van der Waals surface area contributed by atoms with Crippen LogP contribution >= 0.6 is 0 Å². The zero-order valence-corrected chi connectivity index (χ0v) is 19.1. The first-order valence-corrected chi connectivity index (χ1v) is 11.6. The lowest BCUT2D eigenvalue weighted by Gasteiger charge is -2.25. The highest BCUT2D eigenvalue weighted by atomic mass is 16.5. The first-order chi connectivity index (χ1) is 16.1. The maximum atomic E-state index is 10.0. The molecule has 4 heterocycles. The minimum absolute atomic E-state index is 0.0995. The molecule has 5 rings (SSSR count). The Kier molecular flexibility index (Phi) is 6.15. The number of fused-ring (bicyclic) bond motifs is 1. The SMILES string of the molecule is COC[C@H](C)Nc1ncc2c(-c3cnn(Cc4cc[nH]c4)c3)cc(C3CCC(O)CC3)n2n1. The van der Waals surface area contributed by atoms with Crippen molar-refractivity contribution in [3.8, 4) is 11.1 Å². The summed E-state index contributed by atoms with van der Waals surface area (Å²) >= 11 is 0. The van der Waals surface area contributed by atoms with E-state index in [0.717, 1.165) is 48.0 Å². The van der Waals surface area contributed by atoms with Crippen molar-refractivity contribution in [2.24, 2.45) is 0 Å². The Morgan fingerprint density at radius 2 is 2.12 bits per heavy atom. The second-order valence-electron chi connectivity index (χ2n) is 9.01. The molecule has 9 heteroatoms. The Morgan fingerprint density at radius 3 is 2.88 bits per heavy atom. The number of H-pyrrole nitrogens is 1. The van der Waals surface area contributed by atoms with Crippen LogP contribution in [-0.2, 0) is 11.3 Å². The molecule has 1 aliphatic rings. The molecule has 1 atom stereocenters. The number of aromatic nitrogens is 6. The lowest BCUT2D eigenvalue weighted by Crippen LogP contribution is -2.23. The predicted octanol–water partition coefficient (Wildman–Crippen LogP) is 3.43. The van der Waals surface area contributed by atoms with Gasteiger partial charge in [0.1, 0.15) is 0 Å². The molecular weight excluding hydrogens is 418 g/mol.